The molecular formula is C15H19BrO3. The highest BCUT2D eigenvalue weighted by atomic mass is 79.9. The SMILES string of the molecule is COc1c(Br)cc(C(C)C(=O)O)cc1C1CCCC1. The maximum Gasteiger partial charge on any atom is 0.310 e. The highest BCUT2D eigenvalue weighted by Crippen LogP contribution is 2.43. The minimum absolute atomic E-state index is 0.493. The van der Waals surface area contributed by atoms with E-state index in [2.05, 4.69) is 15.9 Å². The number of hydrogen-bond donors (Lipinski definition) is 1. The van der Waals surface area contributed by atoms with Crippen molar-refractivity contribution in [3.8, 4) is 5.75 Å². The van der Waals surface area contributed by atoms with Crippen molar-refractivity contribution >= 4 is 21.9 Å². The van der Waals surface area contributed by atoms with E-state index in [0.717, 1.165) is 34.2 Å². The largest absolute Gasteiger partial charge is 0.495 e. The topological polar surface area (TPSA) is 46.5 Å². The van der Waals surface area contributed by atoms with Crippen LogP contribution in [0.3, 0.4) is 0 Å². The van der Waals surface area contributed by atoms with Gasteiger partial charge >= 0.3 is 5.97 Å². The smallest absolute Gasteiger partial charge is 0.310 e. The van der Waals surface area contributed by atoms with Gasteiger partial charge in [-0.25, -0.2) is 0 Å². The zero-order valence-electron chi connectivity index (χ0n) is 11.3. The number of carboxylic acid groups (broad SMARTS) is 1. The summed E-state index contributed by atoms with van der Waals surface area (Å²) in [5.41, 5.74) is 1.99. The van der Waals surface area contributed by atoms with Crippen molar-refractivity contribution in [2.75, 3.05) is 7.11 Å². The molecule has 1 N–H and O–H groups in total. The van der Waals surface area contributed by atoms with Crippen LogP contribution in [0.15, 0.2) is 16.6 Å². The van der Waals surface area contributed by atoms with E-state index >= 15 is 0 Å². The third kappa shape index (κ3) is 2.94. The fourth-order valence-corrected chi connectivity index (χ4v) is 3.44. The second kappa shape index (κ2) is 5.95. The molecule has 2 rings (SSSR count). The normalized spacial score (nSPS) is 17.4. The molecule has 0 aliphatic heterocycles. The zero-order chi connectivity index (χ0) is 14.0. The van der Waals surface area contributed by atoms with Crippen molar-refractivity contribution in [2.45, 2.75) is 44.4 Å². The van der Waals surface area contributed by atoms with Gasteiger partial charge in [-0.1, -0.05) is 18.9 Å². The van der Waals surface area contributed by atoms with Crippen LogP contribution in [-0.4, -0.2) is 18.2 Å². The van der Waals surface area contributed by atoms with Gasteiger partial charge in [0, 0.05) is 0 Å². The lowest BCUT2D eigenvalue weighted by Crippen LogP contribution is -2.09. The van der Waals surface area contributed by atoms with E-state index in [1.807, 2.05) is 12.1 Å². The predicted molar refractivity (Wildman–Crippen MR) is 78.0 cm³/mol. The van der Waals surface area contributed by atoms with Gasteiger partial charge in [0.15, 0.2) is 0 Å². The van der Waals surface area contributed by atoms with Crippen LogP contribution in [0.1, 0.15) is 55.6 Å². The maximum atomic E-state index is 11.2. The molecule has 0 radical (unpaired) electrons. The Morgan fingerprint density at radius 2 is 2.05 bits per heavy atom. The maximum absolute atomic E-state index is 11.2. The van der Waals surface area contributed by atoms with Crippen LogP contribution in [-0.2, 0) is 4.79 Å². The minimum Gasteiger partial charge on any atom is -0.495 e. The van der Waals surface area contributed by atoms with Gasteiger partial charge in [-0.3, -0.25) is 4.79 Å². The van der Waals surface area contributed by atoms with Gasteiger partial charge in [-0.2, -0.15) is 0 Å². The fourth-order valence-electron chi connectivity index (χ4n) is 2.78. The predicted octanol–water partition coefficient (Wildman–Crippen LogP) is 4.30. The Balaban J connectivity index is 2.46. The number of aliphatic carboxylic acids is 1. The molecule has 1 fully saturated rings. The Kier molecular flexibility index (Phi) is 4.50. The molecule has 4 heteroatoms. The highest BCUT2D eigenvalue weighted by Gasteiger charge is 2.24. The second-order valence-electron chi connectivity index (χ2n) is 5.17. The second-order valence-corrected chi connectivity index (χ2v) is 6.02. The Morgan fingerprint density at radius 3 is 2.58 bits per heavy atom. The first-order chi connectivity index (χ1) is 9.04. The molecule has 0 heterocycles. The average molecular weight is 327 g/mol. The molecular weight excluding hydrogens is 308 g/mol. The average Bonchev–Trinajstić information content (AvgIpc) is 2.90. The molecule has 1 atom stereocenters. The number of benzene rings is 1. The Bertz CT molecular complexity index is 479. The number of hydrogen-bond acceptors (Lipinski definition) is 2. The van der Waals surface area contributed by atoms with Crippen molar-refractivity contribution in [3.05, 3.63) is 27.7 Å². The molecule has 1 aliphatic carbocycles. The van der Waals surface area contributed by atoms with Crippen LogP contribution in [0.2, 0.25) is 0 Å². The number of carboxylic acids is 1. The van der Waals surface area contributed by atoms with E-state index in [1.165, 1.54) is 12.8 Å². The Hall–Kier alpha value is -1.03. The summed E-state index contributed by atoms with van der Waals surface area (Å²) in [4.78, 5) is 11.2. The van der Waals surface area contributed by atoms with Crippen molar-refractivity contribution in [2.24, 2.45) is 0 Å². The first-order valence-corrected chi connectivity index (χ1v) is 7.44. The van der Waals surface area contributed by atoms with E-state index in [4.69, 9.17) is 9.84 Å². The fraction of sp³-hybridized carbons (Fsp3) is 0.533. The summed E-state index contributed by atoms with van der Waals surface area (Å²) in [7, 11) is 1.67. The van der Waals surface area contributed by atoms with Gasteiger partial charge in [0.1, 0.15) is 5.75 Å². The van der Waals surface area contributed by atoms with E-state index in [9.17, 15) is 4.79 Å². The molecule has 3 nitrogen and oxygen atoms in total. The van der Waals surface area contributed by atoms with Crippen molar-refractivity contribution in [3.63, 3.8) is 0 Å². The quantitative estimate of drug-likeness (QED) is 0.897. The molecule has 19 heavy (non-hydrogen) atoms. The molecule has 1 unspecified atom stereocenters. The molecule has 1 saturated carbocycles. The lowest BCUT2D eigenvalue weighted by Gasteiger charge is -2.19. The van der Waals surface area contributed by atoms with E-state index < -0.39 is 11.9 Å². The van der Waals surface area contributed by atoms with Gasteiger partial charge in [0.2, 0.25) is 0 Å². The first kappa shape index (κ1) is 14.4. The first-order valence-electron chi connectivity index (χ1n) is 6.64. The molecule has 104 valence electrons. The third-order valence-electron chi connectivity index (χ3n) is 3.96. The van der Waals surface area contributed by atoms with Gasteiger partial charge in [-0.05, 0) is 58.8 Å². The molecule has 0 saturated heterocycles. The Morgan fingerprint density at radius 1 is 1.42 bits per heavy atom. The van der Waals surface area contributed by atoms with Crippen LogP contribution < -0.4 is 4.74 Å². The number of ether oxygens (including phenoxy) is 1. The van der Waals surface area contributed by atoms with Gasteiger partial charge < -0.3 is 9.84 Å². The summed E-state index contributed by atoms with van der Waals surface area (Å²) >= 11 is 3.50. The monoisotopic (exact) mass is 326 g/mol. The number of rotatable bonds is 4. The van der Waals surface area contributed by atoms with Gasteiger partial charge in [-0.15, -0.1) is 0 Å². The Labute approximate surface area is 122 Å². The summed E-state index contributed by atoms with van der Waals surface area (Å²) in [6.07, 6.45) is 4.80. The van der Waals surface area contributed by atoms with Crippen LogP contribution in [0, 0.1) is 0 Å². The van der Waals surface area contributed by atoms with Gasteiger partial charge in [0.25, 0.3) is 0 Å². The van der Waals surface area contributed by atoms with Crippen LogP contribution in [0.5, 0.6) is 5.75 Å². The van der Waals surface area contributed by atoms with Crippen LogP contribution >= 0.6 is 15.9 Å². The van der Waals surface area contributed by atoms with Crippen molar-refractivity contribution < 1.29 is 14.6 Å². The summed E-state index contributed by atoms with van der Waals surface area (Å²) < 4.78 is 6.34. The lowest BCUT2D eigenvalue weighted by molar-refractivity contribution is -0.138. The van der Waals surface area contributed by atoms with Crippen LogP contribution in [0.25, 0.3) is 0 Å². The van der Waals surface area contributed by atoms with E-state index in [-0.39, 0.29) is 0 Å². The highest BCUT2D eigenvalue weighted by molar-refractivity contribution is 9.10. The van der Waals surface area contributed by atoms with E-state index in [1.54, 1.807) is 14.0 Å². The molecule has 0 spiro atoms. The molecule has 0 bridgehead atoms. The van der Waals surface area contributed by atoms with Crippen molar-refractivity contribution in [1.29, 1.82) is 0 Å². The summed E-state index contributed by atoms with van der Waals surface area (Å²) in [6.45, 7) is 1.72. The lowest BCUT2D eigenvalue weighted by atomic mass is 9.91. The number of methoxy groups -OCH3 is 1. The number of halogens is 1. The minimum atomic E-state index is -0.797. The molecule has 1 aromatic carbocycles. The molecule has 0 aromatic heterocycles. The summed E-state index contributed by atoms with van der Waals surface area (Å²) in [6, 6.07) is 3.87. The van der Waals surface area contributed by atoms with E-state index in [0.29, 0.717) is 5.92 Å². The third-order valence-corrected chi connectivity index (χ3v) is 4.55. The zero-order valence-corrected chi connectivity index (χ0v) is 12.9. The van der Waals surface area contributed by atoms with Gasteiger partial charge in [0.05, 0.1) is 17.5 Å². The summed E-state index contributed by atoms with van der Waals surface area (Å²) in [5, 5.41) is 9.16. The van der Waals surface area contributed by atoms with Crippen LogP contribution in [0.4, 0.5) is 0 Å². The number of carbonyl (C=O) groups is 1. The molecule has 1 aliphatic rings. The van der Waals surface area contributed by atoms with Crippen molar-refractivity contribution in [1.82, 2.24) is 0 Å². The molecule has 1 aromatic rings. The summed E-state index contributed by atoms with van der Waals surface area (Å²) in [5.74, 6) is 0.0530. The standard InChI is InChI=1S/C15H19BrO3/c1-9(15(17)18)11-7-12(10-5-3-4-6-10)14(19-2)13(16)8-11/h7-10H,3-6H2,1-2H3,(H,17,18). The molecule has 0 amide bonds.